The lowest BCUT2D eigenvalue weighted by Crippen LogP contribution is -2.30. The minimum Gasteiger partial charge on any atom is -0.361 e. The van der Waals surface area contributed by atoms with Crippen molar-refractivity contribution in [2.45, 2.75) is 18.9 Å². The van der Waals surface area contributed by atoms with Gasteiger partial charge in [-0.2, -0.15) is 0 Å². The zero-order valence-corrected chi connectivity index (χ0v) is 11.0. The second-order valence-corrected chi connectivity index (χ2v) is 5.93. The van der Waals surface area contributed by atoms with Gasteiger partial charge in [-0.1, -0.05) is 0 Å². The van der Waals surface area contributed by atoms with Crippen LogP contribution in [0.2, 0.25) is 0 Å². The SMILES string of the molecule is NNc1ccc([N+](=O)[O-])c(NC2CCS(=O)CC2)n1. The van der Waals surface area contributed by atoms with Crippen molar-refractivity contribution in [3.05, 3.63) is 22.2 Å². The number of hydrazine groups is 1. The second-order valence-electron chi connectivity index (χ2n) is 4.23. The number of aromatic nitrogens is 1. The largest absolute Gasteiger partial charge is 0.361 e. The number of nitrogens with two attached hydrogens (primary N) is 1. The van der Waals surface area contributed by atoms with E-state index in [2.05, 4.69) is 15.7 Å². The summed E-state index contributed by atoms with van der Waals surface area (Å²) in [5.41, 5.74) is 2.26. The zero-order valence-electron chi connectivity index (χ0n) is 10.2. The first-order valence-electron chi connectivity index (χ1n) is 5.83. The van der Waals surface area contributed by atoms with Crippen LogP contribution in [0.15, 0.2) is 12.1 Å². The monoisotopic (exact) mass is 285 g/mol. The fourth-order valence-corrected chi connectivity index (χ4v) is 3.22. The number of nitrogen functional groups attached to an aromatic ring is 1. The fraction of sp³-hybridized carbons (Fsp3) is 0.500. The molecule has 1 fully saturated rings. The molecule has 1 aromatic rings. The number of nitrogens with one attached hydrogen (secondary N) is 2. The van der Waals surface area contributed by atoms with Crippen molar-refractivity contribution >= 4 is 28.1 Å². The predicted octanol–water partition coefficient (Wildman–Crippen LogP) is 0.598. The maximum atomic E-state index is 11.3. The summed E-state index contributed by atoms with van der Waals surface area (Å²) in [7, 11) is -0.766. The van der Waals surface area contributed by atoms with Crippen molar-refractivity contribution in [1.29, 1.82) is 0 Å². The summed E-state index contributed by atoms with van der Waals surface area (Å²) in [6.07, 6.45) is 1.43. The number of hydrogen-bond donors (Lipinski definition) is 3. The van der Waals surface area contributed by atoms with Crippen LogP contribution in [-0.2, 0) is 10.8 Å². The van der Waals surface area contributed by atoms with E-state index in [1.165, 1.54) is 12.1 Å². The molecule has 9 heteroatoms. The molecule has 0 bridgehead atoms. The molecule has 0 spiro atoms. The molecule has 1 aliphatic heterocycles. The number of nitro groups is 1. The predicted molar refractivity (Wildman–Crippen MR) is 73.2 cm³/mol. The molecule has 19 heavy (non-hydrogen) atoms. The van der Waals surface area contributed by atoms with Gasteiger partial charge in [-0.05, 0) is 18.9 Å². The van der Waals surface area contributed by atoms with Gasteiger partial charge in [-0.3, -0.25) is 14.3 Å². The van der Waals surface area contributed by atoms with E-state index in [9.17, 15) is 14.3 Å². The van der Waals surface area contributed by atoms with Crippen molar-refractivity contribution in [3.8, 4) is 0 Å². The Morgan fingerprint density at radius 3 is 2.68 bits per heavy atom. The average molecular weight is 285 g/mol. The van der Waals surface area contributed by atoms with Crippen LogP contribution >= 0.6 is 0 Å². The van der Waals surface area contributed by atoms with Gasteiger partial charge in [-0.15, -0.1) is 0 Å². The summed E-state index contributed by atoms with van der Waals surface area (Å²) in [6, 6.07) is 2.85. The molecule has 2 rings (SSSR count). The van der Waals surface area contributed by atoms with Gasteiger partial charge < -0.3 is 10.7 Å². The molecule has 0 unspecified atom stereocenters. The molecule has 1 saturated heterocycles. The van der Waals surface area contributed by atoms with E-state index in [0.29, 0.717) is 30.2 Å². The first-order chi connectivity index (χ1) is 9.10. The molecule has 8 nitrogen and oxygen atoms in total. The minimum absolute atomic E-state index is 0.0527. The Morgan fingerprint density at radius 2 is 2.11 bits per heavy atom. The van der Waals surface area contributed by atoms with Crippen LogP contribution in [0, 0.1) is 10.1 Å². The topological polar surface area (TPSA) is 123 Å². The van der Waals surface area contributed by atoms with Crippen molar-refractivity contribution < 1.29 is 9.13 Å². The fourth-order valence-electron chi connectivity index (χ4n) is 1.92. The molecule has 1 aliphatic rings. The normalized spacial score (nSPS) is 22.8. The van der Waals surface area contributed by atoms with Gasteiger partial charge in [0.1, 0.15) is 5.82 Å². The van der Waals surface area contributed by atoms with Crippen molar-refractivity contribution in [1.82, 2.24) is 4.98 Å². The third-order valence-electron chi connectivity index (χ3n) is 2.95. The molecule has 2 heterocycles. The van der Waals surface area contributed by atoms with Gasteiger partial charge in [0.25, 0.3) is 0 Å². The smallest absolute Gasteiger partial charge is 0.311 e. The lowest BCUT2D eigenvalue weighted by molar-refractivity contribution is -0.384. The van der Waals surface area contributed by atoms with E-state index < -0.39 is 15.7 Å². The van der Waals surface area contributed by atoms with Crippen LogP contribution in [0.25, 0.3) is 0 Å². The van der Waals surface area contributed by atoms with Crippen LogP contribution in [0.3, 0.4) is 0 Å². The maximum Gasteiger partial charge on any atom is 0.311 e. The number of anilines is 2. The molecule has 0 atom stereocenters. The third-order valence-corrected chi connectivity index (χ3v) is 4.33. The highest BCUT2D eigenvalue weighted by atomic mass is 32.2. The zero-order chi connectivity index (χ0) is 13.8. The lowest BCUT2D eigenvalue weighted by Gasteiger charge is -2.23. The Kier molecular flexibility index (Phi) is 4.27. The Bertz CT molecular complexity index is 500. The van der Waals surface area contributed by atoms with Gasteiger partial charge in [0.2, 0.25) is 5.82 Å². The summed E-state index contributed by atoms with van der Waals surface area (Å²) >= 11 is 0. The molecule has 0 radical (unpaired) electrons. The second kappa shape index (κ2) is 5.93. The van der Waals surface area contributed by atoms with E-state index >= 15 is 0 Å². The van der Waals surface area contributed by atoms with Gasteiger partial charge in [0, 0.05) is 34.4 Å². The summed E-state index contributed by atoms with van der Waals surface area (Å²) in [5.74, 6) is 7.02. The molecule has 4 N–H and O–H groups in total. The van der Waals surface area contributed by atoms with Gasteiger partial charge in [-0.25, -0.2) is 10.8 Å². The van der Waals surface area contributed by atoms with Crippen LogP contribution in [0.4, 0.5) is 17.3 Å². The van der Waals surface area contributed by atoms with E-state index in [1.54, 1.807) is 0 Å². The number of pyridine rings is 1. The number of nitrogens with zero attached hydrogens (tertiary/aromatic N) is 2. The average Bonchev–Trinajstić information content (AvgIpc) is 2.41. The summed E-state index contributed by atoms with van der Waals surface area (Å²) in [6.45, 7) is 0. The summed E-state index contributed by atoms with van der Waals surface area (Å²) in [5, 5.41) is 14.0. The van der Waals surface area contributed by atoms with Gasteiger partial charge in [0.15, 0.2) is 0 Å². The minimum atomic E-state index is -0.766. The molecule has 104 valence electrons. The van der Waals surface area contributed by atoms with Crippen molar-refractivity contribution in [2.75, 3.05) is 22.2 Å². The summed E-state index contributed by atoms with van der Waals surface area (Å²) < 4.78 is 11.3. The highest BCUT2D eigenvalue weighted by molar-refractivity contribution is 7.85. The number of hydrogen-bond acceptors (Lipinski definition) is 7. The van der Waals surface area contributed by atoms with Crippen LogP contribution in [-0.4, -0.2) is 31.7 Å². The lowest BCUT2D eigenvalue weighted by atomic mass is 10.1. The molecule has 0 aliphatic carbocycles. The summed E-state index contributed by atoms with van der Waals surface area (Å²) in [4.78, 5) is 14.5. The Balaban J connectivity index is 2.17. The first-order valence-corrected chi connectivity index (χ1v) is 7.32. The molecule has 0 saturated carbocycles. The quantitative estimate of drug-likeness (QED) is 0.420. The van der Waals surface area contributed by atoms with Gasteiger partial charge >= 0.3 is 5.69 Å². The van der Waals surface area contributed by atoms with E-state index in [1.807, 2.05) is 0 Å². The van der Waals surface area contributed by atoms with Crippen molar-refractivity contribution in [3.63, 3.8) is 0 Å². The molecular weight excluding hydrogens is 270 g/mol. The molecule has 1 aromatic heterocycles. The highest BCUT2D eigenvalue weighted by Crippen LogP contribution is 2.26. The van der Waals surface area contributed by atoms with Crippen molar-refractivity contribution in [2.24, 2.45) is 5.84 Å². The standard InChI is InChI=1S/C10H15N5O3S/c11-14-9-2-1-8(15(16)17)10(13-9)12-7-3-5-19(18)6-4-7/h1-2,7H,3-6,11H2,(H2,12,13,14). The maximum absolute atomic E-state index is 11.3. The number of rotatable bonds is 4. The Labute approximate surface area is 112 Å². The van der Waals surface area contributed by atoms with Crippen LogP contribution < -0.4 is 16.6 Å². The van der Waals surface area contributed by atoms with Gasteiger partial charge in [0.05, 0.1) is 4.92 Å². The molecular formula is C10H15N5O3S. The van der Waals surface area contributed by atoms with E-state index in [-0.39, 0.29) is 17.5 Å². The third kappa shape index (κ3) is 3.38. The molecule has 0 aromatic carbocycles. The van der Waals surface area contributed by atoms with Crippen LogP contribution in [0.5, 0.6) is 0 Å². The highest BCUT2D eigenvalue weighted by Gasteiger charge is 2.22. The molecule has 0 amide bonds. The van der Waals surface area contributed by atoms with Crippen LogP contribution in [0.1, 0.15) is 12.8 Å². The Hall–Kier alpha value is -1.74. The Morgan fingerprint density at radius 1 is 1.42 bits per heavy atom. The van der Waals surface area contributed by atoms with E-state index in [0.717, 1.165) is 0 Å². The van der Waals surface area contributed by atoms with E-state index in [4.69, 9.17) is 5.84 Å². The first kappa shape index (κ1) is 13.7.